The van der Waals surface area contributed by atoms with Crippen LogP contribution in [0.4, 0.5) is 11.4 Å². The van der Waals surface area contributed by atoms with Crippen molar-refractivity contribution in [3.8, 4) is 0 Å². The molecule has 2 atom stereocenters. The lowest BCUT2D eigenvalue weighted by Gasteiger charge is -2.39. The van der Waals surface area contributed by atoms with Crippen molar-refractivity contribution >= 4 is 17.3 Å². The van der Waals surface area contributed by atoms with E-state index < -0.39 is 0 Å². The topological polar surface area (TPSA) is 88.0 Å². The van der Waals surface area contributed by atoms with Gasteiger partial charge in [-0.25, -0.2) is 0 Å². The zero-order valence-corrected chi connectivity index (χ0v) is 13.7. The second-order valence-corrected chi connectivity index (χ2v) is 6.10. The van der Waals surface area contributed by atoms with Crippen LogP contribution in [-0.4, -0.2) is 67.2 Å². The van der Waals surface area contributed by atoms with Crippen LogP contribution in [0.2, 0.25) is 0 Å². The monoisotopic (exact) mass is 334 g/mol. The lowest BCUT2D eigenvalue weighted by Crippen LogP contribution is -2.59. The number of rotatable bonds is 3. The molecular weight excluding hydrogens is 312 g/mol. The van der Waals surface area contributed by atoms with Gasteiger partial charge in [-0.1, -0.05) is 6.07 Å². The standard InChI is InChI=1S/C16H22N4O4/c1-12-15(17-5-10-24-12)16(21)19-8-6-18(7-9-19)13-3-2-4-14(11-13)20(22)23/h2-4,11-12,15,17H,5-10H2,1H3/t12-,15+/m1/s1. The Morgan fingerprint density at radius 3 is 2.75 bits per heavy atom. The number of hydrogen-bond acceptors (Lipinski definition) is 6. The highest BCUT2D eigenvalue weighted by atomic mass is 16.6. The number of nitrogens with zero attached hydrogens (tertiary/aromatic N) is 3. The summed E-state index contributed by atoms with van der Waals surface area (Å²) in [6.07, 6.45) is -0.124. The van der Waals surface area contributed by atoms with Crippen molar-refractivity contribution in [2.24, 2.45) is 0 Å². The molecule has 130 valence electrons. The van der Waals surface area contributed by atoms with Crippen LogP contribution in [0.3, 0.4) is 0 Å². The largest absolute Gasteiger partial charge is 0.375 e. The normalized spacial score (nSPS) is 24.7. The Morgan fingerprint density at radius 2 is 2.08 bits per heavy atom. The Kier molecular flexibility index (Phi) is 4.96. The van der Waals surface area contributed by atoms with E-state index in [2.05, 4.69) is 10.2 Å². The molecule has 2 saturated heterocycles. The van der Waals surface area contributed by atoms with E-state index in [0.717, 1.165) is 5.69 Å². The van der Waals surface area contributed by atoms with Crippen LogP contribution in [0.25, 0.3) is 0 Å². The summed E-state index contributed by atoms with van der Waals surface area (Å²) in [4.78, 5) is 27.1. The number of ether oxygens (including phenoxy) is 1. The van der Waals surface area contributed by atoms with Gasteiger partial charge in [0, 0.05) is 50.5 Å². The molecule has 0 radical (unpaired) electrons. The Labute approximate surface area is 140 Å². The summed E-state index contributed by atoms with van der Waals surface area (Å²) in [5, 5.41) is 14.1. The Bertz CT molecular complexity index is 616. The first kappa shape index (κ1) is 16.7. The Morgan fingerprint density at radius 1 is 1.33 bits per heavy atom. The van der Waals surface area contributed by atoms with Gasteiger partial charge in [0.05, 0.1) is 17.6 Å². The van der Waals surface area contributed by atoms with Crippen LogP contribution >= 0.6 is 0 Å². The third-order valence-corrected chi connectivity index (χ3v) is 4.58. The molecule has 2 fully saturated rings. The van der Waals surface area contributed by atoms with Crippen LogP contribution in [0.1, 0.15) is 6.92 Å². The summed E-state index contributed by atoms with van der Waals surface area (Å²) in [6, 6.07) is 6.33. The molecule has 0 unspecified atom stereocenters. The quantitative estimate of drug-likeness (QED) is 0.644. The number of morpholine rings is 1. The number of hydrogen-bond donors (Lipinski definition) is 1. The second kappa shape index (κ2) is 7.14. The minimum atomic E-state index is -0.389. The number of amides is 1. The maximum absolute atomic E-state index is 12.6. The fourth-order valence-corrected chi connectivity index (χ4v) is 3.19. The van der Waals surface area contributed by atoms with Gasteiger partial charge in [-0.3, -0.25) is 14.9 Å². The SMILES string of the molecule is C[C@H]1OCCN[C@@H]1C(=O)N1CCN(c2cccc([N+](=O)[O-])c2)CC1. The molecule has 1 N–H and O–H groups in total. The van der Waals surface area contributed by atoms with E-state index in [1.54, 1.807) is 12.1 Å². The first-order valence-corrected chi connectivity index (χ1v) is 8.19. The maximum Gasteiger partial charge on any atom is 0.271 e. The van der Waals surface area contributed by atoms with Gasteiger partial charge in [-0.2, -0.15) is 0 Å². The van der Waals surface area contributed by atoms with Crippen molar-refractivity contribution in [1.29, 1.82) is 0 Å². The molecule has 1 aromatic carbocycles. The highest BCUT2D eigenvalue weighted by molar-refractivity contribution is 5.83. The summed E-state index contributed by atoms with van der Waals surface area (Å²) >= 11 is 0. The van der Waals surface area contributed by atoms with E-state index in [9.17, 15) is 14.9 Å². The van der Waals surface area contributed by atoms with Crippen LogP contribution < -0.4 is 10.2 Å². The average molecular weight is 334 g/mol. The molecule has 0 bridgehead atoms. The van der Waals surface area contributed by atoms with E-state index in [-0.39, 0.29) is 28.7 Å². The van der Waals surface area contributed by atoms with Gasteiger partial charge in [0.2, 0.25) is 5.91 Å². The molecule has 8 nitrogen and oxygen atoms in total. The summed E-state index contributed by atoms with van der Waals surface area (Å²) in [7, 11) is 0. The van der Waals surface area contributed by atoms with Crippen molar-refractivity contribution in [3.05, 3.63) is 34.4 Å². The summed E-state index contributed by atoms with van der Waals surface area (Å²) in [5.41, 5.74) is 0.909. The molecular formula is C16H22N4O4. The Hall–Kier alpha value is -2.19. The highest BCUT2D eigenvalue weighted by Gasteiger charge is 2.33. The number of anilines is 1. The number of benzene rings is 1. The summed E-state index contributed by atoms with van der Waals surface area (Å²) in [5.74, 6) is 0.0703. The fraction of sp³-hybridized carbons (Fsp3) is 0.562. The van der Waals surface area contributed by atoms with Crippen LogP contribution in [0.15, 0.2) is 24.3 Å². The minimum absolute atomic E-state index is 0.0703. The zero-order valence-electron chi connectivity index (χ0n) is 13.7. The molecule has 1 aromatic rings. The van der Waals surface area contributed by atoms with Gasteiger partial charge in [0.15, 0.2) is 0 Å². The first-order chi connectivity index (χ1) is 11.6. The maximum atomic E-state index is 12.6. The van der Waals surface area contributed by atoms with Crippen LogP contribution in [0, 0.1) is 10.1 Å². The van der Waals surface area contributed by atoms with Crippen LogP contribution in [-0.2, 0) is 9.53 Å². The van der Waals surface area contributed by atoms with Crippen molar-refractivity contribution in [1.82, 2.24) is 10.2 Å². The Balaban J connectivity index is 1.60. The zero-order chi connectivity index (χ0) is 17.1. The number of carbonyl (C=O) groups excluding carboxylic acids is 1. The van der Waals surface area contributed by atoms with Gasteiger partial charge in [0.25, 0.3) is 5.69 Å². The van der Waals surface area contributed by atoms with Gasteiger partial charge in [-0.05, 0) is 13.0 Å². The van der Waals surface area contributed by atoms with Gasteiger partial charge in [0.1, 0.15) is 6.04 Å². The predicted molar refractivity (Wildman–Crippen MR) is 89.1 cm³/mol. The van der Waals surface area contributed by atoms with Crippen molar-refractivity contribution in [2.75, 3.05) is 44.2 Å². The number of piperazine rings is 1. The smallest absolute Gasteiger partial charge is 0.271 e. The second-order valence-electron chi connectivity index (χ2n) is 6.10. The van der Waals surface area contributed by atoms with Gasteiger partial charge < -0.3 is 19.9 Å². The molecule has 3 rings (SSSR count). The van der Waals surface area contributed by atoms with Crippen molar-refractivity contribution < 1.29 is 14.5 Å². The molecule has 2 aliphatic rings. The number of nitrogens with one attached hydrogen (secondary N) is 1. The van der Waals surface area contributed by atoms with E-state index in [4.69, 9.17) is 4.74 Å². The third-order valence-electron chi connectivity index (χ3n) is 4.58. The van der Waals surface area contributed by atoms with E-state index >= 15 is 0 Å². The minimum Gasteiger partial charge on any atom is -0.375 e. The van der Waals surface area contributed by atoms with E-state index in [1.807, 2.05) is 17.9 Å². The van der Waals surface area contributed by atoms with Crippen molar-refractivity contribution in [2.45, 2.75) is 19.1 Å². The molecule has 0 aliphatic carbocycles. The van der Waals surface area contributed by atoms with Crippen LogP contribution in [0.5, 0.6) is 0 Å². The molecule has 0 saturated carbocycles. The molecule has 0 aromatic heterocycles. The summed E-state index contributed by atoms with van der Waals surface area (Å²) in [6.45, 7) is 5.76. The number of carbonyl (C=O) groups is 1. The summed E-state index contributed by atoms with van der Waals surface area (Å²) < 4.78 is 5.54. The van der Waals surface area contributed by atoms with Crippen molar-refractivity contribution in [3.63, 3.8) is 0 Å². The third kappa shape index (κ3) is 3.49. The molecule has 0 spiro atoms. The fourth-order valence-electron chi connectivity index (χ4n) is 3.19. The lowest BCUT2D eigenvalue weighted by atomic mass is 10.1. The first-order valence-electron chi connectivity index (χ1n) is 8.19. The van der Waals surface area contributed by atoms with E-state index in [1.165, 1.54) is 6.07 Å². The highest BCUT2D eigenvalue weighted by Crippen LogP contribution is 2.22. The number of nitro benzene ring substituents is 1. The van der Waals surface area contributed by atoms with Gasteiger partial charge in [-0.15, -0.1) is 0 Å². The molecule has 8 heteroatoms. The van der Waals surface area contributed by atoms with Gasteiger partial charge >= 0.3 is 0 Å². The number of non-ortho nitro benzene ring substituents is 1. The predicted octanol–water partition coefficient (Wildman–Crippen LogP) is 0.620. The molecule has 24 heavy (non-hydrogen) atoms. The molecule has 2 aliphatic heterocycles. The number of nitro groups is 1. The molecule has 1 amide bonds. The molecule has 2 heterocycles. The van der Waals surface area contributed by atoms with E-state index in [0.29, 0.717) is 39.3 Å². The average Bonchev–Trinajstić information content (AvgIpc) is 2.62. The lowest BCUT2D eigenvalue weighted by molar-refractivity contribution is -0.384.